The minimum Gasteiger partial charge on any atom is -0.493 e. The molecule has 11 heteroatoms. The van der Waals surface area contributed by atoms with Crippen LogP contribution >= 0.6 is 57.1 Å². The number of halogens is 3. The smallest absolute Gasteiger partial charge is 0.271 e. The molecular formula is C35H26Cl2IN3O4S. The Kier molecular flexibility index (Phi) is 9.65. The second-order valence-electron chi connectivity index (χ2n) is 10.4. The van der Waals surface area contributed by atoms with E-state index in [4.69, 9.17) is 37.7 Å². The highest BCUT2D eigenvalue weighted by Gasteiger charge is 2.32. The molecule has 4 aromatic carbocycles. The second kappa shape index (κ2) is 13.8. The molecule has 1 aliphatic heterocycles. The molecule has 0 saturated heterocycles. The van der Waals surface area contributed by atoms with Crippen LogP contribution in [-0.2, 0) is 11.4 Å². The Morgan fingerprint density at radius 2 is 1.76 bits per heavy atom. The SMILES string of the molecule is COc1cc(/C=c2\sc3n(c2=O)[C@@H](c2ccc(Cl)cc2)C(C(=O)Nc2ccccc2)=C(C)N=3)cc(I)c1OCc1ccccc1Cl. The minimum absolute atomic E-state index is 0.269. The van der Waals surface area contributed by atoms with Gasteiger partial charge in [0.1, 0.15) is 6.61 Å². The molecule has 0 bridgehead atoms. The van der Waals surface area contributed by atoms with Crippen molar-refractivity contribution in [2.24, 2.45) is 4.99 Å². The molecule has 1 N–H and O–H groups in total. The summed E-state index contributed by atoms with van der Waals surface area (Å²) in [6, 6.07) is 26.9. The number of benzene rings is 4. The largest absolute Gasteiger partial charge is 0.493 e. The van der Waals surface area contributed by atoms with Gasteiger partial charge in [-0.2, -0.15) is 0 Å². The molecule has 46 heavy (non-hydrogen) atoms. The molecule has 1 aliphatic rings. The highest BCUT2D eigenvalue weighted by atomic mass is 127. The summed E-state index contributed by atoms with van der Waals surface area (Å²) < 4.78 is 14.6. The summed E-state index contributed by atoms with van der Waals surface area (Å²) in [6.07, 6.45) is 1.80. The van der Waals surface area contributed by atoms with Crippen molar-refractivity contribution < 1.29 is 14.3 Å². The van der Waals surface area contributed by atoms with E-state index in [9.17, 15) is 9.59 Å². The van der Waals surface area contributed by atoms with Gasteiger partial charge < -0.3 is 14.8 Å². The second-order valence-corrected chi connectivity index (χ2v) is 13.4. The summed E-state index contributed by atoms with van der Waals surface area (Å²) in [5, 5.41) is 4.13. The van der Waals surface area contributed by atoms with Crippen molar-refractivity contribution in [2.75, 3.05) is 12.4 Å². The van der Waals surface area contributed by atoms with Crippen LogP contribution in [0.1, 0.15) is 29.7 Å². The number of thiazole rings is 1. The topological polar surface area (TPSA) is 81.9 Å². The predicted molar refractivity (Wildman–Crippen MR) is 192 cm³/mol. The average molecular weight is 782 g/mol. The fourth-order valence-electron chi connectivity index (χ4n) is 5.17. The summed E-state index contributed by atoms with van der Waals surface area (Å²) >= 11 is 16.0. The Bertz CT molecular complexity index is 2160. The van der Waals surface area contributed by atoms with Crippen LogP contribution in [0.4, 0.5) is 5.69 Å². The van der Waals surface area contributed by atoms with Gasteiger partial charge in [0.25, 0.3) is 11.5 Å². The maximum atomic E-state index is 14.1. The van der Waals surface area contributed by atoms with Gasteiger partial charge in [0.15, 0.2) is 16.3 Å². The Morgan fingerprint density at radius 1 is 1.04 bits per heavy atom. The molecule has 1 amide bonds. The Hall–Kier alpha value is -3.90. The zero-order valence-electron chi connectivity index (χ0n) is 24.6. The van der Waals surface area contributed by atoms with Gasteiger partial charge >= 0.3 is 0 Å². The first kappa shape index (κ1) is 32.1. The van der Waals surface area contributed by atoms with Crippen LogP contribution in [0.3, 0.4) is 0 Å². The standard InChI is InChI=1S/C35H26Cl2IN3O4S/c1-20-30(33(42)40-25-9-4-3-5-10-25)31(22-12-14-24(36)15-13-22)41-34(43)29(46-35(41)39-20)18-21-16-27(38)32(28(17-21)44-2)45-19-23-8-6-7-11-26(23)37/h3-18,31H,19H2,1-2H3,(H,40,42)/b29-18-/t31-/m0/s1. The number of carbonyl (C=O) groups is 1. The van der Waals surface area contributed by atoms with E-state index >= 15 is 0 Å². The zero-order valence-corrected chi connectivity index (χ0v) is 29.1. The van der Waals surface area contributed by atoms with Crippen molar-refractivity contribution in [2.45, 2.75) is 19.6 Å². The number of nitrogens with one attached hydrogen (secondary N) is 1. The Labute approximate surface area is 292 Å². The highest BCUT2D eigenvalue weighted by Crippen LogP contribution is 2.36. The Morgan fingerprint density at radius 3 is 2.48 bits per heavy atom. The summed E-state index contributed by atoms with van der Waals surface area (Å²) in [5.74, 6) is 0.759. The van der Waals surface area contributed by atoms with E-state index < -0.39 is 6.04 Å². The number of fused-ring (bicyclic) bond motifs is 1. The number of carbonyl (C=O) groups excluding carboxylic acids is 1. The quantitative estimate of drug-likeness (QED) is 0.167. The van der Waals surface area contributed by atoms with Gasteiger partial charge in [-0.1, -0.05) is 83.1 Å². The van der Waals surface area contributed by atoms with Crippen molar-refractivity contribution in [1.82, 2.24) is 4.57 Å². The lowest BCUT2D eigenvalue weighted by molar-refractivity contribution is -0.113. The fraction of sp³-hybridized carbons (Fsp3) is 0.114. The molecule has 5 aromatic rings. The number of allylic oxidation sites excluding steroid dienone is 1. The summed E-state index contributed by atoms with van der Waals surface area (Å²) in [6.45, 7) is 2.06. The van der Waals surface area contributed by atoms with Crippen LogP contribution in [-0.4, -0.2) is 17.6 Å². The molecule has 6 rings (SSSR count). The number of hydrogen-bond acceptors (Lipinski definition) is 6. The number of aromatic nitrogens is 1. The number of hydrogen-bond donors (Lipinski definition) is 1. The molecular weight excluding hydrogens is 756 g/mol. The lowest BCUT2D eigenvalue weighted by Gasteiger charge is -2.25. The van der Waals surface area contributed by atoms with Crippen LogP contribution in [0.15, 0.2) is 112 Å². The Balaban J connectivity index is 1.40. The molecule has 0 saturated carbocycles. The molecule has 0 radical (unpaired) electrons. The molecule has 7 nitrogen and oxygen atoms in total. The van der Waals surface area contributed by atoms with E-state index in [2.05, 4.69) is 27.9 Å². The van der Waals surface area contributed by atoms with Crippen molar-refractivity contribution >= 4 is 74.8 Å². The van der Waals surface area contributed by atoms with E-state index in [-0.39, 0.29) is 18.1 Å². The fourth-order valence-corrected chi connectivity index (χ4v) is 7.32. The van der Waals surface area contributed by atoms with Crippen LogP contribution in [0.5, 0.6) is 11.5 Å². The van der Waals surface area contributed by atoms with Crippen LogP contribution in [0.25, 0.3) is 6.08 Å². The predicted octanol–water partition coefficient (Wildman–Crippen LogP) is 7.37. The van der Waals surface area contributed by atoms with Crippen LogP contribution in [0, 0.1) is 3.57 Å². The summed E-state index contributed by atoms with van der Waals surface area (Å²) in [7, 11) is 1.57. The molecule has 1 aromatic heterocycles. The molecule has 0 fully saturated rings. The molecule has 232 valence electrons. The van der Waals surface area contributed by atoms with Gasteiger partial charge in [0, 0.05) is 21.3 Å². The van der Waals surface area contributed by atoms with Gasteiger partial charge in [-0.3, -0.25) is 14.2 Å². The maximum absolute atomic E-state index is 14.1. The van der Waals surface area contributed by atoms with Gasteiger partial charge in [0.2, 0.25) is 0 Å². The third-order valence-corrected chi connectivity index (χ3v) is 9.77. The maximum Gasteiger partial charge on any atom is 0.271 e. The van der Waals surface area contributed by atoms with Gasteiger partial charge in [-0.05, 0) is 89.2 Å². The van der Waals surface area contributed by atoms with E-state index in [1.165, 1.54) is 11.3 Å². The monoisotopic (exact) mass is 781 g/mol. The zero-order chi connectivity index (χ0) is 32.4. The number of anilines is 1. The van der Waals surface area contributed by atoms with Crippen molar-refractivity contribution in [1.29, 1.82) is 0 Å². The van der Waals surface area contributed by atoms with Crippen molar-refractivity contribution in [3.05, 3.63) is 152 Å². The average Bonchev–Trinajstić information content (AvgIpc) is 3.34. The van der Waals surface area contributed by atoms with E-state index in [1.807, 2.05) is 78.9 Å². The number of nitrogens with zero attached hydrogens (tertiary/aromatic N) is 2. The number of para-hydroxylation sites is 1. The first-order valence-corrected chi connectivity index (χ1v) is 16.8. The first-order valence-electron chi connectivity index (χ1n) is 14.1. The van der Waals surface area contributed by atoms with Crippen LogP contribution < -0.4 is 29.7 Å². The van der Waals surface area contributed by atoms with Gasteiger partial charge in [-0.15, -0.1) is 0 Å². The summed E-state index contributed by atoms with van der Waals surface area (Å²) in [5.41, 5.74) is 3.61. The number of amides is 1. The van der Waals surface area contributed by atoms with Gasteiger partial charge in [-0.25, -0.2) is 4.99 Å². The lowest BCUT2D eigenvalue weighted by Crippen LogP contribution is -2.40. The third-order valence-electron chi connectivity index (χ3n) is 7.36. The third kappa shape index (κ3) is 6.64. The lowest BCUT2D eigenvalue weighted by atomic mass is 9.95. The van der Waals surface area contributed by atoms with Crippen molar-refractivity contribution in [3.63, 3.8) is 0 Å². The van der Waals surface area contributed by atoms with E-state index in [1.54, 1.807) is 36.8 Å². The number of ether oxygens (including phenoxy) is 2. The minimum atomic E-state index is -0.713. The first-order chi connectivity index (χ1) is 22.2. The molecule has 2 heterocycles. The number of rotatable bonds is 8. The molecule has 1 atom stereocenters. The van der Waals surface area contributed by atoms with E-state index in [0.717, 1.165) is 20.3 Å². The van der Waals surface area contributed by atoms with Crippen molar-refractivity contribution in [3.8, 4) is 11.5 Å². The van der Waals surface area contributed by atoms with Crippen LogP contribution in [0.2, 0.25) is 10.0 Å². The summed E-state index contributed by atoms with van der Waals surface area (Å²) in [4.78, 5) is 33.1. The number of methoxy groups -OCH3 is 1. The highest BCUT2D eigenvalue weighted by molar-refractivity contribution is 14.1. The molecule has 0 spiro atoms. The molecule has 0 unspecified atom stereocenters. The molecule has 0 aliphatic carbocycles. The normalized spacial score (nSPS) is 14.5. The van der Waals surface area contributed by atoms with Gasteiger partial charge in [0.05, 0.1) is 32.5 Å². The van der Waals surface area contributed by atoms with E-state index in [0.29, 0.717) is 47.8 Å².